The number of aromatic carboxylic acids is 1. The van der Waals surface area contributed by atoms with Crippen LogP contribution in [0.2, 0.25) is 0 Å². The minimum absolute atomic E-state index is 0.0337. The van der Waals surface area contributed by atoms with Gasteiger partial charge in [0, 0.05) is 37.7 Å². The Morgan fingerprint density at radius 1 is 1.39 bits per heavy atom. The van der Waals surface area contributed by atoms with Crippen molar-refractivity contribution in [1.29, 1.82) is 0 Å². The van der Waals surface area contributed by atoms with Gasteiger partial charge in [-0.1, -0.05) is 0 Å². The molecule has 0 aliphatic carbocycles. The van der Waals surface area contributed by atoms with Crippen LogP contribution in [0.3, 0.4) is 0 Å². The summed E-state index contributed by atoms with van der Waals surface area (Å²) in [6.45, 7) is 4.04. The van der Waals surface area contributed by atoms with Crippen molar-refractivity contribution < 1.29 is 9.90 Å². The summed E-state index contributed by atoms with van der Waals surface area (Å²) in [5.41, 5.74) is -0.0337. The lowest BCUT2D eigenvalue weighted by Crippen LogP contribution is -2.36. The van der Waals surface area contributed by atoms with Gasteiger partial charge in [-0.25, -0.2) is 4.79 Å². The van der Waals surface area contributed by atoms with Crippen LogP contribution >= 0.6 is 11.8 Å². The molecule has 2 rings (SSSR count). The van der Waals surface area contributed by atoms with Crippen molar-refractivity contribution in [1.82, 2.24) is 15.1 Å². The number of nitrogens with one attached hydrogen (secondary N) is 1. The van der Waals surface area contributed by atoms with Crippen LogP contribution < -0.4 is 5.32 Å². The summed E-state index contributed by atoms with van der Waals surface area (Å²) in [7, 11) is 0. The fraction of sp³-hybridized carbons (Fsp3) is 0.545. The van der Waals surface area contributed by atoms with Gasteiger partial charge in [-0.2, -0.15) is 11.8 Å². The molecule has 0 amide bonds. The number of aromatic nitrogens is 2. The molecule has 0 bridgehead atoms. The molecule has 1 saturated heterocycles. The number of rotatable bonds is 5. The lowest BCUT2D eigenvalue weighted by atomic mass is 10.4. The normalized spacial score (nSPS) is 16.4. The highest BCUT2D eigenvalue weighted by molar-refractivity contribution is 7.99. The molecule has 1 aliphatic rings. The zero-order valence-electron chi connectivity index (χ0n) is 10.0. The van der Waals surface area contributed by atoms with E-state index in [2.05, 4.69) is 20.4 Å². The highest BCUT2D eigenvalue weighted by Gasteiger charge is 2.09. The molecule has 0 atom stereocenters. The van der Waals surface area contributed by atoms with Crippen LogP contribution in [0.25, 0.3) is 0 Å². The Bertz CT molecular complexity index is 393. The highest BCUT2D eigenvalue weighted by Crippen LogP contribution is 2.08. The Morgan fingerprint density at radius 3 is 2.78 bits per heavy atom. The average Bonchev–Trinajstić information content (AvgIpc) is 2.40. The van der Waals surface area contributed by atoms with Crippen molar-refractivity contribution in [2.45, 2.75) is 0 Å². The molecule has 0 unspecified atom stereocenters. The highest BCUT2D eigenvalue weighted by atomic mass is 32.2. The fourth-order valence-electron chi connectivity index (χ4n) is 1.71. The molecule has 1 aliphatic heterocycles. The second-order valence-electron chi connectivity index (χ2n) is 3.99. The molecule has 1 aromatic heterocycles. The van der Waals surface area contributed by atoms with E-state index in [0.717, 1.165) is 26.2 Å². The summed E-state index contributed by atoms with van der Waals surface area (Å²) in [5, 5.41) is 19.3. The first-order valence-corrected chi connectivity index (χ1v) is 7.02. The van der Waals surface area contributed by atoms with Crippen molar-refractivity contribution in [3.8, 4) is 0 Å². The molecule has 0 saturated carbocycles. The van der Waals surface area contributed by atoms with E-state index in [0.29, 0.717) is 5.82 Å². The number of thioether (sulfide) groups is 1. The molecular formula is C11H16N4O2S. The number of nitrogens with zero attached hydrogens (tertiary/aromatic N) is 3. The van der Waals surface area contributed by atoms with Crippen molar-refractivity contribution in [2.24, 2.45) is 0 Å². The molecule has 2 N–H and O–H groups in total. The molecule has 1 aromatic rings. The van der Waals surface area contributed by atoms with Crippen LogP contribution in [0.4, 0.5) is 5.82 Å². The summed E-state index contributed by atoms with van der Waals surface area (Å²) in [6, 6.07) is 3.09. The van der Waals surface area contributed by atoms with Crippen molar-refractivity contribution in [3.63, 3.8) is 0 Å². The molecule has 7 heteroatoms. The summed E-state index contributed by atoms with van der Waals surface area (Å²) in [6.07, 6.45) is 0. The maximum atomic E-state index is 10.6. The molecule has 98 valence electrons. The Balaban J connectivity index is 1.74. The van der Waals surface area contributed by atoms with Crippen LogP contribution in [0, 0.1) is 0 Å². The van der Waals surface area contributed by atoms with Gasteiger partial charge in [0.15, 0.2) is 5.69 Å². The summed E-state index contributed by atoms with van der Waals surface area (Å²) >= 11 is 1.99. The SMILES string of the molecule is O=C(O)c1ccc(NCCN2CCSCC2)nn1. The smallest absolute Gasteiger partial charge is 0.356 e. The van der Waals surface area contributed by atoms with Crippen LogP contribution in [0.5, 0.6) is 0 Å². The number of carboxylic acids is 1. The van der Waals surface area contributed by atoms with Gasteiger partial charge in [-0.15, -0.1) is 10.2 Å². The third-order valence-corrected chi connectivity index (χ3v) is 3.66. The first-order chi connectivity index (χ1) is 8.75. The predicted octanol–water partition coefficient (Wildman–Crippen LogP) is 0.635. The van der Waals surface area contributed by atoms with E-state index < -0.39 is 5.97 Å². The van der Waals surface area contributed by atoms with Gasteiger partial charge in [-0.3, -0.25) is 4.90 Å². The minimum Gasteiger partial charge on any atom is -0.476 e. The van der Waals surface area contributed by atoms with E-state index >= 15 is 0 Å². The van der Waals surface area contributed by atoms with Crippen LogP contribution in [-0.2, 0) is 0 Å². The number of hydrogen-bond donors (Lipinski definition) is 2. The summed E-state index contributed by atoms with van der Waals surface area (Å²) in [5.74, 6) is 1.96. The average molecular weight is 268 g/mol. The maximum absolute atomic E-state index is 10.6. The lowest BCUT2D eigenvalue weighted by molar-refractivity contribution is 0.0689. The topological polar surface area (TPSA) is 78.4 Å². The van der Waals surface area contributed by atoms with Gasteiger partial charge in [0.05, 0.1) is 0 Å². The monoisotopic (exact) mass is 268 g/mol. The standard InChI is InChI=1S/C11H16N4O2S/c16-11(17)9-1-2-10(14-13-9)12-3-4-15-5-7-18-8-6-15/h1-2H,3-8H2,(H,12,14)(H,16,17). The number of hydrogen-bond acceptors (Lipinski definition) is 6. The third-order valence-electron chi connectivity index (χ3n) is 2.72. The maximum Gasteiger partial charge on any atom is 0.356 e. The summed E-state index contributed by atoms with van der Waals surface area (Å²) < 4.78 is 0. The first-order valence-electron chi connectivity index (χ1n) is 5.87. The molecule has 18 heavy (non-hydrogen) atoms. The third kappa shape index (κ3) is 3.85. The molecule has 0 spiro atoms. The lowest BCUT2D eigenvalue weighted by Gasteiger charge is -2.26. The second kappa shape index (κ2) is 6.55. The van der Waals surface area contributed by atoms with Crippen LogP contribution in [0.15, 0.2) is 12.1 Å². The van der Waals surface area contributed by atoms with Gasteiger partial charge in [0.25, 0.3) is 0 Å². The second-order valence-corrected chi connectivity index (χ2v) is 5.21. The molecule has 1 fully saturated rings. The largest absolute Gasteiger partial charge is 0.476 e. The quantitative estimate of drug-likeness (QED) is 0.811. The van der Waals surface area contributed by atoms with E-state index in [1.807, 2.05) is 11.8 Å². The zero-order chi connectivity index (χ0) is 12.8. The van der Waals surface area contributed by atoms with E-state index in [1.54, 1.807) is 6.07 Å². The Labute approximate surface area is 110 Å². The van der Waals surface area contributed by atoms with Gasteiger partial charge >= 0.3 is 5.97 Å². The van der Waals surface area contributed by atoms with Crippen molar-refractivity contribution >= 4 is 23.5 Å². The molecule has 6 nitrogen and oxygen atoms in total. The summed E-state index contributed by atoms with van der Waals surface area (Å²) in [4.78, 5) is 13.0. The van der Waals surface area contributed by atoms with E-state index in [9.17, 15) is 4.79 Å². The number of carbonyl (C=O) groups is 1. The van der Waals surface area contributed by atoms with E-state index in [4.69, 9.17) is 5.11 Å². The Hall–Kier alpha value is -1.34. The zero-order valence-corrected chi connectivity index (χ0v) is 10.8. The Morgan fingerprint density at radius 2 is 2.17 bits per heavy atom. The van der Waals surface area contributed by atoms with Gasteiger partial charge in [0.1, 0.15) is 5.82 Å². The Kier molecular flexibility index (Phi) is 4.77. The minimum atomic E-state index is -1.06. The van der Waals surface area contributed by atoms with Crippen LogP contribution in [-0.4, -0.2) is 63.9 Å². The molecular weight excluding hydrogens is 252 g/mol. The predicted molar refractivity (Wildman–Crippen MR) is 71.2 cm³/mol. The van der Waals surface area contributed by atoms with Crippen molar-refractivity contribution in [3.05, 3.63) is 17.8 Å². The van der Waals surface area contributed by atoms with E-state index in [-0.39, 0.29) is 5.69 Å². The van der Waals surface area contributed by atoms with E-state index in [1.165, 1.54) is 17.6 Å². The van der Waals surface area contributed by atoms with Gasteiger partial charge in [-0.05, 0) is 12.1 Å². The van der Waals surface area contributed by atoms with Gasteiger partial charge in [0.2, 0.25) is 0 Å². The van der Waals surface area contributed by atoms with Gasteiger partial charge < -0.3 is 10.4 Å². The number of carboxylic acid groups (broad SMARTS) is 1. The number of anilines is 1. The molecule has 0 aromatic carbocycles. The van der Waals surface area contributed by atoms with Crippen LogP contribution in [0.1, 0.15) is 10.5 Å². The first kappa shape index (κ1) is 13.1. The molecule has 2 heterocycles. The molecule has 0 radical (unpaired) electrons. The van der Waals surface area contributed by atoms with Crippen molar-refractivity contribution in [2.75, 3.05) is 43.0 Å². The fourth-order valence-corrected chi connectivity index (χ4v) is 2.69.